The van der Waals surface area contributed by atoms with Crippen molar-refractivity contribution in [2.24, 2.45) is 5.73 Å². The molecule has 6 heteroatoms. The second kappa shape index (κ2) is 7.81. The van der Waals surface area contributed by atoms with Crippen molar-refractivity contribution in [3.8, 4) is 16.2 Å². The summed E-state index contributed by atoms with van der Waals surface area (Å²) < 4.78 is 5.60. The second-order valence-electron chi connectivity index (χ2n) is 5.44. The van der Waals surface area contributed by atoms with Gasteiger partial charge in [-0.05, 0) is 42.3 Å². The van der Waals surface area contributed by atoms with E-state index in [0.717, 1.165) is 27.7 Å². The lowest BCUT2D eigenvalue weighted by Gasteiger charge is -2.10. The maximum atomic E-state index is 11.7. The number of anilines is 2. The molecule has 2 aromatic carbocycles. The highest BCUT2D eigenvalue weighted by Gasteiger charge is 2.13. The van der Waals surface area contributed by atoms with E-state index >= 15 is 0 Å². The number of ether oxygens (including phenoxy) is 1. The van der Waals surface area contributed by atoms with Crippen LogP contribution >= 0.6 is 11.3 Å². The second-order valence-corrected chi connectivity index (χ2v) is 6.47. The Bertz CT molecular complexity index is 862. The van der Waals surface area contributed by atoms with E-state index in [9.17, 15) is 4.79 Å². The van der Waals surface area contributed by atoms with Crippen molar-refractivity contribution in [2.45, 2.75) is 13.3 Å². The zero-order valence-electron chi connectivity index (χ0n) is 13.9. The molecule has 0 radical (unpaired) electrons. The van der Waals surface area contributed by atoms with Crippen molar-refractivity contribution in [3.05, 3.63) is 60.3 Å². The van der Waals surface area contributed by atoms with Crippen LogP contribution in [0.25, 0.3) is 10.4 Å². The van der Waals surface area contributed by atoms with Crippen LogP contribution < -0.4 is 15.8 Å². The molecule has 0 spiro atoms. The summed E-state index contributed by atoms with van der Waals surface area (Å²) in [4.78, 5) is 17.1. The van der Waals surface area contributed by atoms with Crippen molar-refractivity contribution in [1.29, 1.82) is 0 Å². The number of amides is 1. The first-order valence-electron chi connectivity index (χ1n) is 8.02. The number of rotatable bonds is 7. The number of para-hydroxylation sites is 1. The zero-order chi connectivity index (χ0) is 17.6. The molecule has 0 saturated carbocycles. The summed E-state index contributed by atoms with van der Waals surface area (Å²) in [6, 6.07) is 15.3. The molecule has 0 unspecified atom stereocenters. The summed E-state index contributed by atoms with van der Waals surface area (Å²) in [7, 11) is 0. The fraction of sp³-hybridized carbons (Fsp3) is 0.158. The summed E-state index contributed by atoms with van der Waals surface area (Å²) >= 11 is 1.51. The largest absolute Gasteiger partial charge is 0.493 e. The van der Waals surface area contributed by atoms with Gasteiger partial charge in [0.2, 0.25) is 0 Å². The third kappa shape index (κ3) is 4.16. The smallest absolute Gasteiger partial charge is 0.252 e. The molecule has 0 aliphatic rings. The van der Waals surface area contributed by atoms with E-state index < -0.39 is 5.91 Å². The standard InChI is InChI=1S/C19H19N3O2S/c1-2-10-24-16-9-8-13(11-15(16)18(20)23)17-12-21-19(25-17)22-14-6-4-3-5-7-14/h3-9,11-12H,2,10H2,1H3,(H2,20,23)(H,21,22). The molecule has 128 valence electrons. The van der Waals surface area contributed by atoms with Crippen molar-refractivity contribution >= 4 is 28.1 Å². The predicted octanol–water partition coefficient (Wildman–Crippen LogP) is 4.44. The quantitative estimate of drug-likeness (QED) is 0.658. The lowest BCUT2D eigenvalue weighted by atomic mass is 10.1. The highest BCUT2D eigenvalue weighted by Crippen LogP contribution is 2.33. The molecular weight excluding hydrogens is 334 g/mol. The minimum absolute atomic E-state index is 0.386. The van der Waals surface area contributed by atoms with E-state index in [-0.39, 0.29) is 0 Å². The Kier molecular flexibility index (Phi) is 5.30. The van der Waals surface area contributed by atoms with Crippen LogP contribution in [0.4, 0.5) is 10.8 Å². The molecule has 3 rings (SSSR count). The minimum Gasteiger partial charge on any atom is -0.493 e. The number of benzene rings is 2. The SMILES string of the molecule is CCCOc1ccc(-c2cnc(Nc3ccccc3)s2)cc1C(N)=O. The molecular formula is C19H19N3O2S. The fourth-order valence-corrected chi connectivity index (χ4v) is 3.16. The van der Waals surface area contributed by atoms with Gasteiger partial charge in [0.15, 0.2) is 5.13 Å². The number of hydrogen-bond acceptors (Lipinski definition) is 5. The summed E-state index contributed by atoms with van der Waals surface area (Å²) in [5.74, 6) is 0.0188. The molecule has 0 atom stereocenters. The molecule has 0 fully saturated rings. The fourth-order valence-electron chi connectivity index (χ4n) is 2.32. The van der Waals surface area contributed by atoms with Crippen molar-refractivity contribution in [3.63, 3.8) is 0 Å². The monoisotopic (exact) mass is 353 g/mol. The third-order valence-electron chi connectivity index (χ3n) is 3.52. The van der Waals surface area contributed by atoms with E-state index in [0.29, 0.717) is 17.9 Å². The average Bonchev–Trinajstić information content (AvgIpc) is 3.09. The van der Waals surface area contributed by atoms with Gasteiger partial charge in [-0.3, -0.25) is 4.79 Å². The number of thiazole rings is 1. The van der Waals surface area contributed by atoms with Crippen LogP contribution in [0.1, 0.15) is 23.7 Å². The zero-order valence-corrected chi connectivity index (χ0v) is 14.7. The number of carbonyl (C=O) groups excluding carboxylic acids is 1. The Hall–Kier alpha value is -2.86. The van der Waals surface area contributed by atoms with E-state index in [4.69, 9.17) is 10.5 Å². The first-order valence-corrected chi connectivity index (χ1v) is 8.84. The van der Waals surface area contributed by atoms with E-state index in [1.165, 1.54) is 11.3 Å². The molecule has 1 heterocycles. The van der Waals surface area contributed by atoms with E-state index in [2.05, 4.69) is 10.3 Å². The third-order valence-corrected chi connectivity index (χ3v) is 4.48. The predicted molar refractivity (Wildman–Crippen MR) is 102 cm³/mol. The molecule has 3 N–H and O–H groups in total. The lowest BCUT2D eigenvalue weighted by molar-refractivity contribution is 0.0996. The lowest BCUT2D eigenvalue weighted by Crippen LogP contribution is -2.13. The Morgan fingerprint density at radius 1 is 1.24 bits per heavy atom. The topological polar surface area (TPSA) is 77.2 Å². The number of primary amides is 1. The van der Waals surface area contributed by atoms with Gasteiger partial charge < -0.3 is 15.8 Å². The first-order chi connectivity index (χ1) is 12.2. The maximum Gasteiger partial charge on any atom is 0.252 e. The van der Waals surface area contributed by atoms with Gasteiger partial charge in [0.1, 0.15) is 5.75 Å². The molecule has 0 aliphatic heterocycles. The van der Waals surface area contributed by atoms with Crippen LogP contribution in [0.3, 0.4) is 0 Å². The summed E-state index contributed by atoms with van der Waals surface area (Å²) in [5.41, 5.74) is 7.75. The van der Waals surface area contributed by atoms with Gasteiger partial charge in [0.05, 0.1) is 17.0 Å². The molecule has 25 heavy (non-hydrogen) atoms. The number of aromatic nitrogens is 1. The average molecular weight is 353 g/mol. The van der Waals surface area contributed by atoms with Crippen molar-refractivity contribution in [1.82, 2.24) is 4.98 Å². The normalized spacial score (nSPS) is 10.4. The summed E-state index contributed by atoms with van der Waals surface area (Å²) in [5, 5.41) is 4.05. The number of hydrogen-bond donors (Lipinski definition) is 2. The summed E-state index contributed by atoms with van der Waals surface area (Å²) in [6.07, 6.45) is 2.64. The molecule has 1 amide bonds. The van der Waals surface area contributed by atoms with Crippen LogP contribution in [0, 0.1) is 0 Å². The highest BCUT2D eigenvalue weighted by atomic mass is 32.1. The number of carbonyl (C=O) groups is 1. The first kappa shape index (κ1) is 17.0. The van der Waals surface area contributed by atoms with E-state index in [1.807, 2.05) is 43.3 Å². The Labute approximate surface area is 150 Å². The van der Waals surface area contributed by atoms with Crippen LogP contribution in [0.5, 0.6) is 5.75 Å². The minimum atomic E-state index is -0.500. The summed E-state index contributed by atoms with van der Waals surface area (Å²) in [6.45, 7) is 2.56. The van der Waals surface area contributed by atoms with Gasteiger partial charge >= 0.3 is 0 Å². The van der Waals surface area contributed by atoms with Gasteiger partial charge in [-0.1, -0.05) is 36.5 Å². The van der Waals surface area contributed by atoms with Crippen LogP contribution in [-0.4, -0.2) is 17.5 Å². The number of nitrogens with one attached hydrogen (secondary N) is 1. The molecule has 0 bridgehead atoms. The van der Waals surface area contributed by atoms with Gasteiger partial charge in [0, 0.05) is 11.9 Å². The van der Waals surface area contributed by atoms with Gasteiger partial charge in [-0.2, -0.15) is 0 Å². The number of nitrogens with zero attached hydrogens (tertiary/aromatic N) is 1. The maximum absolute atomic E-state index is 11.7. The molecule has 1 aromatic heterocycles. The van der Waals surface area contributed by atoms with Crippen LogP contribution in [-0.2, 0) is 0 Å². The van der Waals surface area contributed by atoms with Crippen LogP contribution in [0.15, 0.2) is 54.7 Å². The Morgan fingerprint density at radius 2 is 2.04 bits per heavy atom. The molecule has 5 nitrogen and oxygen atoms in total. The Balaban J connectivity index is 1.84. The molecule has 3 aromatic rings. The number of nitrogens with two attached hydrogens (primary N) is 1. The Morgan fingerprint density at radius 3 is 2.76 bits per heavy atom. The molecule has 0 saturated heterocycles. The van der Waals surface area contributed by atoms with Gasteiger partial charge in [-0.15, -0.1) is 0 Å². The van der Waals surface area contributed by atoms with Gasteiger partial charge in [0.25, 0.3) is 5.91 Å². The van der Waals surface area contributed by atoms with Crippen molar-refractivity contribution < 1.29 is 9.53 Å². The molecule has 0 aliphatic carbocycles. The highest BCUT2D eigenvalue weighted by molar-refractivity contribution is 7.18. The van der Waals surface area contributed by atoms with E-state index in [1.54, 1.807) is 18.3 Å². The van der Waals surface area contributed by atoms with Crippen molar-refractivity contribution in [2.75, 3.05) is 11.9 Å². The van der Waals surface area contributed by atoms with Crippen LogP contribution in [0.2, 0.25) is 0 Å². The van der Waals surface area contributed by atoms with Gasteiger partial charge in [-0.25, -0.2) is 4.98 Å².